The molecule has 4 heteroatoms. The molecule has 10 heavy (non-hydrogen) atoms. The lowest BCUT2D eigenvalue weighted by Crippen LogP contribution is -2.46. The van der Waals surface area contributed by atoms with E-state index in [1.807, 2.05) is 0 Å². The van der Waals surface area contributed by atoms with Crippen LogP contribution in [-0.4, -0.2) is 39.9 Å². The van der Waals surface area contributed by atoms with Crippen LogP contribution in [0, 0.1) is 0 Å². The van der Waals surface area contributed by atoms with Gasteiger partial charge in [0.15, 0.2) is 6.29 Å². The summed E-state index contributed by atoms with van der Waals surface area (Å²) >= 11 is 0. The minimum absolute atomic E-state index is 0.0888. The lowest BCUT2D eigenvalue weighted by molar-refractivity contribution is -0.226. The van der Waals surface area contributed by atoms with E-state index in [1.54, 1.807) is 6.92 Å². The second-order valence-electron chi connectivity index (χ2n) is 2.59. The molecule has 0 radical (unpaired) electrons. The number of ether oxygens (including phenoxy) is 1. The van der Waals surface area contributed by atoms with Crippen LogP contribution in [-0.2, 0) is 4.74 Å². The van der Waals surface area contributed by atoms with E-state index in [0.29, 0.717) is 0 Å². The first-order valence-electron chi connectivity index (χ1n) is 3.31. The summed E-state index contributed by atoms with van der Waals surface area (Å²) in [5.41, 5.74) is 0. The van der Waals surface area contributed by atoms with Crippen LogP contribution in [0.4, 0.5) is 0 Å². The molecule has 1 heterocycles. The Balaban J connectivity index is 2.49. The fourth-order valence-corrected chi connectivity index (χ4v) is 1.04. The van der Waals surface area contributed by atoms with Crippen molar-refractivity contribution < 1.29 is 20.1 Å². The Kier molecular flexibility index (Phi) is 2.25. The maximum atomic E-state index is 9.08. The van der Waals surface area contributed by atoms with Gasteiger partial charge >= 0.3 is 0 Å². The van der Waals surface area contributed by atoms with Crippen LogP contribution in [0.5, 0.6) is 0 Å². The number of rotatable bonds is 0. The molecule has 0 aromatic rings. The molecule has 1 fully saturated rings. The number of hydrogen-bond acceptors (Lipinski definition) is 4. The van der Waals surface area contributed by atoms with E-state index in [0.717, 1.165) is 0 Å². The zero-order valence-electron chi connectivity index (χ0n) is 5.77. The molecular formula is C6H12O4. The van der Waals surface area contributed by atoms with Gasteiger partial charge in [0.05, 0.1) is 12.2 Å². The number of aliphatic hydroxyl groups is 3. The third kappa shape index (κ3) is 1.46. The molecule has 0 bridgehead atoms. The van der Waals surface area contributed by atoms with Gasteiger partial charge in [0, 0.05) is 6.42 Å². The standard InChI is InChI=1S/C6H12O4/c1-3-6(9)4(7)2-5(8)10-3/h3-9H,2H2,1H3/t3-,4+,5-,6+/m1/s1. The van der Waals surface area contributed by atoms with Crippen LogP contribution < -0.4 is 0 Å². The predicted molar refractivity (Wildman–Crippen MR) is 33.2 cm³/mol. The van der Waals surface area contributed by atoms with Gasteiger partial charge in [-0.2, -0.15) is 0 Å². The summed E-state index contributed by atoms with van der Waals surface area (Å²) in [7, 11) is 0. The summed E-state index contributed by atoms with van der Waals surface area (Å²) < 4.78 is 4.81. The lowest BCUT2D eigenvalue weighted by atomic mass is 10.0. The molecule has 1 aliphatic rings. The minimum atomic E-state index is -0.937. The number of aliphatic hydroxyl groups excluding tert-OH is 3. The summed E-state index contributed by atoms with van der Waals surface area (Å²) in [6.07, 6.45) is -3.07. The molecular weight excluding hydrogens is 136 g/mol. The first kappa shape index (κ1) is 7.94. The molecule has 0 unspecified atom stereocenters. The Hall–Kier alpha value is -0.160. The van der Waals surface area contributed by atoms with E-state index in [-0.39, 0.29) is 6.42 Å². The lowest BCUT2D eigenvalue weighted by Gasteiger charge is -2.32. The molecule has 0 aliphatic carbocycles. The van der Waals surface area contributed by atoms with Crippen LogP contribution in [0.3, 0.4) is 0 Å². The molecule has 60 valence electrons. The molecule has 1 aliphatic heterocycles. The van der Waals surface area contributed by atoms with Crippen molar-refractivity contribution in [2.45, 2.75) is 37.9 Å². The first-order chi connectivity index (χ1) is 4.61. The van der Waals surface area contributed by atoms with Crippen molar-refractivity contribution in [2.24, 2.45) is 0 Å². The average Bonchev–Trinajstić information content (AvgIpc) is 1.82. The quantitative estimate of drug-likeness (QED) is 0.405. The normalized spacial score (nSPS) is 49.2. The highest BCUT2D eigenvalue weighted by Gasteiger charge is 2.32. The van der Waals surface area contributed by atoms with Gasteiger partial charge in [-0.3, -0.25) is 0 Å². The smallest absolute Gasteiger partial charge is 0.157 e. The second kappa shape index (κ2) is 2.84. The Morgan fingerprint density at radius 1 is 1.30 bits per heavy atom. The Morgan fingerprint density at radius 3 is 2.40 bits per heavy atom. The summed E-state index contributed by atoms with van der Waals surface area (Å²) in [5.74, 6) is 0. The van der Waals surface area contributed by atoms with E-state index >= 15 is 0 Å². The SMILES string of the molecule is C[C@H]1O[C@@H](O)C[C@H](O)[C@H]1O. The van der Waals surface area contributed by atoms with E-state index in [9.17, 15) is 0 Å². The van der Waals surface area contributed by atoms with Crippen molar-refractivity contribution in [1.82, 2.24) is 0 Å². The van der Waals surface area contributed by atoms with Gasteiger partial charge in [-0.1, -0.05) is 0 Å². The molecule has 1 saturated heterocycles. The van der Waals surface area contributed by atoms with E-state index in [1.165, 1.54) is 0 Å². The fraction of sp³-hybridized carbons (Fsp3) is 1.00. The second-order valence-corrected chi connectivity index (χ2v) is 2.59. The van der Waals surface area contributed by atoms with Gasteiger partial charge in [-0.25, -0.2) is 0 Å². The average molecular weight is 148 g/mol. The van der Waals surface area contributed by atoms with Crippen molar-refractivity contribution >= 4 is 0 Å². The van der Waals surface area contributed by atoms with Gasteiger partial charge in [0.25, 0.3) is 0 Å². The topological polar surface area (TPSA) is 69.9 Å². The fourth-order valence-electron chi connectivity index (χ4n) is 1.04. The van der Waals surface area contributed by atoms with Crippen molar-refractivity contribution in [2.75, 3.05) is 0 Å². The minimum Gasteiger partial charge on any atom is -0.390 e. The third-order valence-corrected chi connectivity index (χ3v) is 1.69. The zero-order valence-corrected chi connectivity index (χ0v) is 5.77. The summed E-state index contributed by atoms with van der Waals surface area (Å²) in [6, 6.07) is 0. The Labute approximate surface area is 59.1 Å². The molecule has 0 spiro atoms. The Morgan fingerprint density at radius 2 is 1.90 bits per heavy atom. The van der Waals surface area contributed by atoms with Crippen molar-refractivity contribution in [3.63, 3.8) is 0 Å². The van der Waals surface area contributed by atoms with E-state index in [2.05, 4.69) is 0 Å². The van der Waals surface area contributed by atoms with Gasteiger partial charge in [-0.05, 0) is 6.92 Å². The van der Waals surface area contributed by atoms with Gasteiger partial charge in [-0.15, -0.1) is 0 Å². The van der Waals surface area contributed by atoms with Crippen LogP contribution >= 0.6 is 0 Å². The zero-order chi connectivity index (χ0) is 7.72. The Bertz CT molecular complexity index is 104. The van der Waals surface area contributed by atoms with Gasteiger partial charge < -0.3 is 20.1 Å². The highest BCUT2D eigenvalue weighted by Crippen LogP contribution is 2.17. The highest BCUT2D eigenvalue weighted by atomic mass is 16.6. The highest BCUT2D eigenvalue weighted by molar-refractivity contribution is 4.78. The summed E-state index contributed by atoms with van der Waals surface area (Å²) in [4.78, 5) is 0. The van der Waals surface area contributed by atoms with Crippen molar-refractivity contribution in [3.05, 3.63) is 0 Å². The molecule has 4 nitrogen and oxygen atoms in total. The first-order valence-corrected chi connectivity index (χ1v) is 3.31. The number of hydrogen-bond donors (Lipinski definition) is 3. The largest absolute Gasteiger partial charge is 0.390 e. The molecule has 4 atom stereocenters. The monoisotopic (exact) mass is 148 g/mol. The molecule has 0 aromatic carbocycles. The van der Waals surface area contributed by atoms with Crippen LogP contribution in [0.2, 0.25) is 0 Å². The van der Waals surface area contributed by atoms with E-state index in [4.69, 9.17) is 20.1 Å². The summed E-state index contributed by atoms with van der Waals surface area (Å²) in [5, 5.41) is 27.0. The third-order valence-electron chi connectivity index (χ3n) is 1.69. The van der Waals surface area contributed by atoms with Crippen molar-refractivity contribution in [3.8, 4) is 0 Å². The molecule has 0 saturated carbocycles. The molecule has 0 amide bonds. The molecule has 0 aromatic heterocycles. The molecule has 1 rings (SSSR count). The van der Waals surface area contributed by atoms with Crippen LogP contribution in [0.25, 0.3) is 0 Å². The maximum absolute atomic E-state index is 9.08. The van der Waals surface area contributed by atoms with Crippen molar-refractivity contribution in [1.29, 1.82) is 0 Å². The maximum Gasteiger partial charge on any atom is 0.157 e. The van der Waals surface area contributed by atoms with Crippen LogP contribution in [0.15, 0.2) is 0 Å². The molecule has 3 N–H and O–H groups in total. The van der Waals surface area contributed by atoms with Gasteiger partial charge in [0.2, 0.25) is 0 Å². The van der Waals surface area contributed by atoms with Gasteiger partial charge in [0.1, 0.15) is 6.10 Å². The van der Waals surface area contributed by atoms with Crippen LogP contribution in [0.1, 0.15) is 13.3 Å². The van der Waals surface area contributed by atoms with E-state index < -0.39 is 24.6 Å². The predicted octanol–water partition coefficient (Wildman–Crippen LogP) is -1.16. The summed E-state index contributed by atoms with van der Waals surface area (Å²) in [6.45, 7) is 1.61.